The van der Waals surface area contributed by atoms with Gasteiger partial charge in [0.25, 0.3) is 0 Å². The third-order valence-electron chi connectivity index (χ3n) is 2.65. The first-order valence-corrected chi connectivity index (χ1v) is 6.56. The van der Waals surface area contributed by atoms with Crippen LogP contribution in [0.3, 0.4) is 0 Å². The van der Waals surface area contributed by atoms with Gasteiger partial charge in [0.1, 0.15) is 6.61 Å². The Bertz CT molecular complexity index is 264. The third kappa shape index (κ3) is 10.7. The van der Waals surface area contributed by atoms with Crippen LogP contribution in [0.25, 0.3) is 0 Å². The first kappa shape index (κ1) is 18.8. The van der Waals surface area contributed by atoms with Crippen LogP contribution in [0, 0.1) is 0 Å². The molecule has 0 rings (SSSR count). The normalized spacial score (nSPS) is 10.6. The molecule has 0 aromatic heterocycles. The molecule has 0 bridgehead atoms. The van der Waals surface area contributed by atoms with Crippen LogP contribution in [0.1, 0.15) is 12.8 Å². The second kappa shape index (κ2) is 12.8. The Balaban J connectivity index is 3.81. The van der Waals surface area contributed by atoms with E-state index in [1.54, 1.807) is 14.2 Å². The highest BCUT2D eigenvalue weighted by Crippen LogP contribution is 1.96. The van der Waals surface area contributed by atoms with Crippen LogP contribution in [0.2, 0.25) is 0 Å². The van der Waals surface area contributed by atoms with Crippen LogP contribution < -0.4 is 0 Å². The van der Waals surface area contributed by atoms with Crippen molar-refractivity contribution in [1.82, 2.24) is 4.90 Å². The van der Waals surface area contributed by atoms with Gasteiger partial charge in [0.2, 0.25) is 0 Å². The molecule has 0 aliphatic heterocycles. The highest BCUT2D eigenvalue weighted by Gasteiger charge is 2.10. The van der Waals surface area contributed by atoms with Crippen molar-refractivity contribution >= 4 is 11.9 Å². The van der Waals surface area contributed by atoms with Gasteiger partial charge in [-0.15, -0.1) is 0 Å². The average Bonchev–Trinajstić information content (AvgIpc) is 2.46. The molecular formula is C13H25NO6. The zero-order valence-electron chi connectivity index (χ0n) is 12.6. The molecule has 0 aromatic rings. The molecule has 0 radical (unpaired) electrons. The zero-order chi connectivity index (χ0) is 15.2. The molecular weight excluding hydrogens is 266 g/mol. The largest absolute Gasteiger partial charge is 0.469 e. The number of ether oxygens (including phenoxy) is 4. The summed E-state index contributed by atoms with van der Waals surface area (Å²) < 4.78 is 19.4. The monoisotopic (exact) mass is 291 g/mol. The van der Waals surface area contributed by atoms with Crippen LogP contribution in [0.4, 0.5) is 0 Å². The van der Waals surface area contributed by atoms with E-state index in [0.717, 1.165) is 13.1 Å². The molecule has 0 N–H and O–H groups in total. The minimum absolute atomic E-state index is 0.0572. The fourth-order valence-electron chi connectivity index (χ4n) is 1.45. The summed E-state index contributed by atoms with van der Waals surface area (Å²) in [6.45, 7) is 3.29. The zero-order valence-corrected chi connectivity index (χ0v) is 12.6. The number of methoxy groups -OCH3 is 3. The predicted molar refractivity (Wildman–Crippen MR) is 72.4 cm³/mol. The van der Waals surface area contributed by atoms with Gasteiger partial charge in [0, 0.05) is 33.9 Å². The second-order valence-corrected chi connectivity index (χ2v) is 4.12. The van der Waals surface area contributed by atoms with Gasteiger partial charge in [0.15, 0.2) is 0 Å². The Kier molecular flexibility index (Phi) is 12.1. The van der Waals surface area contributed by atoms with Crippen molar-refractivity contribution in [3.05, 3.63) is 0 Å². The quantitative estimate of drug-likeness (QED) is 0.471. The lowest BCUT2D eigenvalue weighted by Crippen LogP contribution is -2.33. The van der Waals surface area contributed by atoms with Crippen LogP contribution in [-0.4, -0.2) is 77.6 Å². The van der Waals surface area contributed by atoms with E-state index in [4.69, 9.17) is 14.2 Å². The van der Waals surface area contributed by atoms with E-state index in [1.807, 2.05) is 0 Å². The van der Waals surface area contributed by atoms with E-state index in [0.29, 0.717) is 19.8 Å². The number of hydrogen-bond acceptors (Lipinski definition) is 7. The van der Waals surface area contributed by atoms with Crippen LogP contribution >= 0.6 is 0 Å². The molecule has 7 heteroatoms. The molecule has 0 saturated heterocycles. The van der Waals surface area contributed by atoms with Crippen molar-refractivity contribution in [2.75, 3.05) is 60.8 Å². The van der Waals surface area contributed by atoms with Gasteiger partial charge in [-0.2, -0.15) is 0 Å². The van der Waals surface area contributed by atoms with Crippen LogP contribution in [-0.2, 0) is 28.5 Å². The van der Waals surface area contributed by atoms with Gasteiger partial charge >= 0.3 is 11.9 Å². The summed E-state index contributed by atoms with van der Waals surface area (Å²) in [5.41, 5.74) is 0. The van der Waals surface area contributed by atoms with Gasteiger partial charge < -0.3 is 18.9 Å². The maximum Gasteiger partial charge on any atom is 0.308 e. The molecule has 7 nitrogen and oxygen atoms in total. The summed E-state index contributed by atoms with van der Waals surface area (Å²) in [5, 5.41) is 0. The number of esters is 2. The summed E-state index contributed by atoms with van der Waals surface area (Å²) >= 11 is 0. The van der Waals surface area contributed by atoms with Gasteiger partial charge in [0.05, 0.1) is 33.2 Å². The summed E-state index contributed by atoms with van der Waals surface area (Å²) in [5.74, 6) is -0.714. The van der Waals surface area contributed by atoms with Crippen LogP contribution in [0.15, 0.2) is 0 Å². The van der Waals surface area contributed by atoms with Crippen molar-refractivity contribution in [2.24, 2.45) is 0 Å². The minimum Gasteiger partial charge on any atom is -0.469 e. The number of nitrogens with zero attached hydrogens (tertiary/aromatic N) is 1. The average molecular weight is 291 g/mol. The highest BCUT2D eigenvalue weighted by atomic mass is 16.5. The maximum absolute atomic E-state index is 11.5. The van der Waals surface area contributed by atoms with E-state index in [-0.39, 0.29) is 31.4 Å². The molecule has 0 aliphatic rings. The highest BCUT2D eigenvalue weighted by molar-refractivity contribution is 5.71. The summed E-state index contributed by atoms with van der Waals surface area (Å²) in [6.07, 6.45) is 0.355. The Labute approximate surface area is 120 Å². The van der Waals surface area contributed by atoms with E-state index in [9.17, 15) is 9.59 Å². The molecule has 0 fully saturated rings. The van der Waals surface area contributed by atoms with Gasteiger partial charge in [-0.05, 0) is 0 Å². The molecule has 0 aromatic carbocycles. The fraction of sp³-hybridized carbons (Fsp3) is 0.846. The number of carbonyl (C=O) groups is 2. The molecule has 0 aliphatic carbocycles. The Hall–Kier alpha value is -1.18. The predicted octanol–water partition coefficient (Wildman–Crippen LogP) is 0.0776. The number of carbonyl (C=O) groups excluding carboxylic acids is 2. The van der Waals surface area contributed by atoms with Gasteiger partial charge in [-0.3, -0.25) is 14.5 Å². The molecule has 0 saturated carbocycles. The van der Waals surface area contributed by atoms with Gasteiger partial charge in [-0.25, -0.2) is 0 Å². The lowest BCUT2D eigenvalue weighted by atomic mass is 10.3. The van der Waals surface area contributed by atoms with Crippen molar-refractivity contribution in [1.29, 1.82) is 0 Å². The smallest absolute Gasteiger partial charge is 0.308 e. The Morgan fingerprint density at radius 2 is 1.40 bits per heavy atom. The topological polar surface area (TPSA) is 74.3 Å². The number of hydrogen-bond donors (Lipinski definition) is 0. The van der Waals surface area contributed by atoms with E-state index in [2.05, 4.69) is 9.64 Å². The maximum atomic E-state index is 11.5. The van der Waals surface area contributed by atoms with Crippen molar-refractivity contribution < 1.29 is 28.5 Å². The van der Waals surface area contributed by atoms with E-state index in [1.165, 1.54) is 7.11 Å². The third-order valence-corrected chi connectivity index (χ3v) is 2.65. The van der Waals surface area contributed by atoms with Crippen molar-refractivity contribution in [2.45, 2.75) is 12.8 Å². The second-order valence-electron chi connectivity index (χ2n) is 4.12. The summed E-state index contributed by atoms with van der Waals surface area (Å²) in [6, 6.07) is 0. The van der Waals surface area contributed by atoms with Gasteiger partial charge in [-0.1, -0.05) is 0 Å². The first-order chi connectivity index (χ1) is 9.63. The first-order valence-electron chi connectivity index (χ1n) is 6.56. The number of rotatable bonds is 12. The van der Waals surface area contributed by atoms with E-state index < -0.39 is 0 Å². The van der Waals surface area contributed by atoms with Crippen molar-refractivity contribution in [3.8, 4) is 0 Å². The van der Waals surface area contributed by atoms with Crippen molar-refractivity contribution in [3.63, 3.8) is 0 Å². The fourth-order valence-corrected chi connectivity index (χ4v) is 1.45. The molecule has 0 atom stereocenters. The minimum atomic E-state index is -0.389. The lowest BCUT2D eigenvalue weighted by Gasteiger charge is -2.20. The molecule has 20 heavy (non-hydrogen) atoms. The molecule has 0 unspecified atom stereocenters. The lowest BCUT2D eigenvalue weighted by molar-refractivity contribution is -0.148. The summed E-state index contributed by atoms with van der Waals surface area (Å²) in [4.78, 5) is 24.4. The molecule has 0 heterocycles. The van der Waals surface area contributed by atoms with Crippen LogP contribution in [0.5, 0.6) is 0 Å². The SMILES string of the molecule is COCCN(CCOC)CCC(=O)OCCC(=O)OC. The van der Waals surface area contributed by atoms with E-state index >= 15 is 0 Å². The molecule has 118 valence electrons. The standard InChI is InChI=1S/C13H25NO6/c1-17-10-7-14(8-11-18-2)6-4-13(16)20-9-5-12(15)19-3/h4-11H2,1-3H3. The molecule has 0 spiro atoms. The Morgan fingerprint density at radius 3 is 1.90 bits per heavy atom. The summed E-state index contributed by atoms with van der Waals surface area (Å²) in [7, 11) is 4.57. The Morgan fingerprint density at radius 1 is 0.800 bits per heavy atom. The molecule has 0 amide bonds.